The van der Waals surface area contributed by atoms with Crippen molar-refractivity contribution in [3.63, 3.8) is 0 Å². The Kier molecular flexibility index (Phi) is 4.03. The van der Waals surface area contributed by atoms with Crippen molar-refractivity contribution in [2.75, 3.05) is 0 Å². The molecule has 1 rings (SSSR count). The zero-order valence-electron chi connectivity index (χ0n) is 9.42. The first-order valence-electron chi connectivity index (χ1n) is 5.19. The molecule has 0 aromatic heterocycles. The van der Waals surface area contributed by atoms with Crippen LogP contribution >= 0.6 is 11.6 Å². The van der Waals surface area contributed by atoms with E-state index in [-0.39, 0.29) is 17.5 Å². The van der Waals surface area contributed by atoms with Crippen LogP contribution in [0.1, 0.15) is 33.6 Å². The normalized spacial score (nSPS) is 26.1. The van der Waals surface area contributed by atoms with Crippen LogP contribution in [0.2, 0.25) is 0 Å². The maximum absolute atomic E-state index is 11.4. The van der Waals surface area contributed by atoms with Gasteiger partial charge in [-0.25, -0.2) is 4.79 Å². The maximum Gasteiger partial charge on any atom is 0.408 e. The summed E-state index contributed by atoms with van der Waals surface area (Å²) in [5, 5.41) is 2.89. The van der Waals surface area contributed by atoms with Gasteiger partial charge in [0.2, 0.25) is 0 Å². The summed E-state index contributed by atoms with van der Waals surface area (Å²) in [4.78, 5) is 11.4. The van der Waals surface area contributed by atoms with Crippen molar-refractivity contribution >= 4 is 17.7 Å². The molecule has 3 nitrogen and oxygen atoms in total. The highest BCUT2D eigenvalue weighted by atomic mass is 35.5. The third-order valence-corrected chi connectivity index (χ3v) is 2.37. The molecule has 0 unspecified atom stereocenters. The number of hydrogen-bond acceptors (Lipinski definition) is 2. The molecule has 1 aliphatic carbocycles. The van der Waals surface area contributed by atoms with Crippen molar-refractivity contribution < 1.29 is 9.53 Å². The predicted octanol–water partition coefficient (Wildman–Crippen LogP) is 2.84. The van der Waals surface area contributed by atoms with Gasteiger partial charge in [-0.3, -0.25) is 0 Å². The molecule has 0 saturated carbocycles. The summed E-state index contributed by atoms with van der Waals surface area (Å²) < 4.78 is 5.15. The van der Waals surface area contributed by atoms with Gasteiger partial charge >= 0.3 is 6.09 Å². The Morgan fingerprint density at radius 3 is 2.53 bits per heavy atom. The second-order valence-electron chi connectivity index (χ2n) is 4.73. The van der Waals surface area contributed by atoms with Crippen molar-refractivity contribution in [1.82, 2.24) is 5.32 Å². The molecule has 0 fully saturated rings. The van der Waals surface area contributed by atoms with Gasteiger partial charge in [0.1, 0.15) is 5.60 Å². The lowest BCUT2D eigenvalue weighted by molar-refractivity contribution is 0.0511. The fourth-order valence-corrected chi connectivity index (χ4v) is 1.58. The summed E-state index contributed by atoms with van der Waals surface area (Å²) in [6.07, 6.45) is 5.21. The van der Waals surface area contributed by atoms with E-state index in [1.807, 2.05) is 32.9 Å². The fourth-order valence-electron chi connectivity index (χ4n) is 1.37. The van der Waals surface area contributed by atoms with Gasteiger partial charge in [-0.2, -0.15) is 0 Å². The van der Waals surface area contributed by atoms with E-state index in [0.717, 1.165) is 12.8 Å². The second kappa shape index (κ2) is 4.88. The van der Waals surface area contributed by atoms with Crippen molar-refractivity contribution in [1.29, 1.82) is 0 Å². The van der Waals surface area contributed by atoms with E-state index in [4.69, 9.17) is 16.3 Å². The van der Waals surface area contributed by atoms with E-state index in [1.165, 1.54) is 0 Å². The molecule has 0 bridgehead atoms. The van der Waals surface area contributed by atoms with Gasteiger partial charge in [-0.15, -0.1) is 11.6 Å². The standard InChI is InChI=1S/C11H18ClNO2/c1-11(2,3)15-10(14)13-9-6-4-8(12)5-7-9/h4,6,8-9H,5,7H2,1-3H3,(H,13,14)/t8-,9-/m1/s1. The van der Waals surface area contributed by atoms with E-state index in [0.29, 0.717) is 0 Å². The Hall–Kier alpha value is -0.700. The van der Waals surface area contributed by atoms with Crippen LogP contribution in [-0.2, 0) is 4.74 Å². The predicted molar refractivity (Wildman–Crippen MR) is 61.2 cm³/mol. The molecule has 2 atom stereocenters. The zero-order chi connectivity index (χ0) is 11.5. The van der Waals surface area contributed by atoms with Crippen LogP contribution < -0.4 is 5.32 Å². The minimum absolute atomic E-state index is 0.0508. The molecule has 1 amide bonds. The van der Waals surface area contributed by atoms with Crippen LogP contribution in [0.25, 0.3) is 0 Å². The third kappa shape index (κ3) is 5.07. The zero-order valence-corrected chi connectivity index (χ0v) is 10.2. The van der Waals surface area contributed by atoms with Crippen LogP contribution in [0.4, 0.5) is 4.79 Å². The maximum atomic E-state index is 11.4. The van der Waals surface area contributed by atoms with Gasteiger partial charge in [0.15, 0.2) is 0 Å². The monoisotopic (exact) mass is 231 g/mol. The first-order valence-corrected chi connectivity index (χ1v) is 5.62. The molecule has 0 aromatic carbocycles. The van der Waals surface area contributed by atoms with Crippen molar-refractivity contribution in [2.24, 2.45) is 0 Å². The number of allylic oxidation sites excluding steroid dienone is 1. The van der Waals surface area contributed by atoms with Crippen molar-refractivity contribution in [3.8, 4) is 0 Å². The summed E-state index contributed by atoms with van der Waals surface area (Å²) in [5.74, 6) is 0. The van der Waals surface area contributed by atoms with E-state index in [2.05, 4.69) is 5.32 Å². The first-order chi connectivity index (χ1) is 6.87. The van der Waals surface area contributed by atoms with E-state index >= 15 is 0 Å². The lowest BCUT2D eigenvalue weighted by Gasteiger charge is -2.24. The second-order valence-corrected chi connectivity index (χ2v) is 5.29. The van der Waals surface area contributed by atoms with Crippen LogP contribution in [0.3, 0.4) is 0 Å². The Morgan fingerprint density at radius 2 is 2.07 bits per heavy atom. The molecule has 0 heterocycles. The number of amides is 1. The average Bonchev–Trinajstić information content (AvgIpc) is 2.05. The number of carbonyl (C=O) groups is 1. The summed E-state index contributed by atoms with van der Waals surface area (Å²) in [6.45, 7) is 5.54. The minimum Gasteiger partial charge on any atom is -0.444 e. The van der Waals surface area contributed by atoms with Crippen molar-refractivity contribution in [2.45, 2.75) is 50.6 Å². The van der Waals surface area contributed by atoms with E-state index in [9.17, 15) is 4.79 Å². The quantitative estimate of drug-likeness (QED) is 0.557. The molecule has 0 aromatic rings. The summed E-state index contributed by atoms with van der Waals surface area (Å²) in [5.41, 5.74) is -0.447. The highest BCUT2D eigenvalue weighted by Crippen LogP contribution is 2.16. The highest BCUT2D eigenvalue weighted by molar-refractivity contribution is 6.21. The lowest BCUT2D eigenvalue weighted by atomic mass is 10.0. The molecule has 0 aliphatic heterocycles. The van der Waals surface area contributed by atoms with Crippen LogP contribution in [-0.4, -0.2) is 23.1 Å². The molecule has 1 N–H and O–H groups in total. The van der Waals surface area contributed by atoms with Crippen LogP contribution in [0.15, 0.2) is 12.2 Å². The van der Waals surface area contributed by atoms with Crippen LogP contribution in [0.5, 0.6) is 0 Å². The fraction of sp³-hybridized carbons (Fsp3) is 0.727. The highest BCUT2D eigenvalue weighted by Gasteiger charge is 2.20. The third-order valence-electron chi connectivity index (χ3n) is 2.01. The summed E-state index contributed by atoms with van der Waals surface area (Å²) in [6, 6.07) is 0.0508. The Bertz CT molecular complexity index is 258. The number of carbonyl (C=O) groups excluding carboxylic acids is 1. The largest absolute Gasteiger partial charge is 0.444 e. The smallest absolute Gasteiger partial charge is 0.408 e. The number of ether oxygens (including phenoxy) is 1. The summed E-state index contributed by atoms with van der Waals surface area (Å²) >= 11 is 5.89. The van der Waals surface area contributed by atoms with Gasteiger partial charge in [-0.05, 0) is 33.6 Å². The molecule has 1 aliphatic rings. The molecule has 15 heavy (non-hydrogen) atoms. The number of halogens is 1. The van der Waals surface area contributed by atoms with Crippen molar-refractivity contribution in [3.05, 3.63) is 12.2 Å². The van der Waals surface area contributed by atoms with Gasteiger partial charge in [0.05, 0.1) is 11.4 Å². The van der Waals surface area contributed by atoms with Gasteiger partial charge in [0, 0.05) is 0 Å². The molecular weight excluding hydrogens is 214 g/mol. The minimum atomic E-state index is -0.447. The Labute approximate surface area is 95.8 Å². The number of alkyl halides is 1. The molecule has 4 heteroatoms. The number of alkyl carbamates (subject to hydrolysis) is 1. The van der Waals surface area contributed by atoms with E-state index in [1.54, 1.807) is 0 Å². The van der Waals surface area contributed by atoms with Gasteiger partial charge in [-0.1, -0.05) is 12.2 Å². The average molecular weight is 232 g/mol. The van der Waals surface area contributed by atoms with Crippen LogP contribution in [0, 0.1) is 0 Å². The van der Waals surface area contributed by atoms with E-state index < -0.39 is 5.60 Å². The lowest BCUT2D eigenvalue weighted by Crippen LogP contribution is -2.39. The Balaban J connectivity index is 2.36. The molecule has 86 valence electrons. The number of rotatable bonds is 1. The molecule has 0 radical (unpaired) electrons. The number of nitrogens with one attached hydrogen (secondary N) is 1. The van der Waals surface area contributed by atoms with Gasteiger partial charge in [0.25, 0.3) is 0 Å². The molecular formula is C11H18ClNO2. The Morgan fingerprint density at radius 1 is 1.40 bits per heavy atom. The first kappa shape index (κ1) is 12.4. The molecule has 0 saturated heterocycles. The van der Waals surface area contributed by atoms with Gasteiger partial charge < -0.3 is 10.1 Å². The summed E-state index contributed by atoms with van der Waals surface area (Å²) in [7, 11) is 0. The number of hydrogen-bond donors (Lipinski definition) is 1. The SMILES string of the molecule is CC(C)(C)OC(=O)N[C@@H]1C=C[C@@H](Cl)CC1. The topological polar surface area (TPSA) is 38.3 Å². The molecule has 0 spiro atoms.